The Labute approximate surface area is 94.9 Å². The zero-order valence-electron chi connectivity index (χ0n) is 8.94. The van der Waals surface area contributed by atoms with E-state index < -0.39 is 0 Å². The SMILES string of the molecule is CCCCSc1cccc2ncccc12. The van der Waals surface area contributed by atoms with Gasteiger partial charge in [0.15, 0.2) is 0 Å². The highest BCUT2D eigenvalue weighted by atomic mass is 32.2. The zero-order valence-corrected chi connectivity index (χ0v) is 9.76. The van der Waals surface area contributed by atoms with Gasteiger partial charge in [-0.2, -0.15) is 0 Å². The molecule has 0 radical (unpaired) electrons. The summed E-state index contributed by atoms with van der Waals surface area (Å²) in [4.78, 5) is 5.71. The molecule has 0 N–H and O–H groups in total. The van der Waals surface area contributed by atoms with Gasteiger partial charge in [-0.1, -0.05) is 25.5 Å². The van der Waals surface area contributed by atoms with Gasteiger partial charge in [-0.3, -0.25) is 4.98 Å². The molecule has 0 aliphatic heterocycles. The second kappa shape index (κ2) is 5.17. The van der Waals surface area contributed by atoms with E-state index in [0.717, 1.165) is 5.52 Å². The lowest BCUT2D eigenvalue weighted by atomic mass is 10.2. The van der Waals surface area contributed by atoms with Gasteiger partial charge in [-0.05, 0) is 30.4 Å². The van der Waals surface area contributed by atoms with E-state index in [0.29, 0.717) is 0 Å². The number of thioether (sulfide) groups is 1. The summed E-state index contributed by atoms with van der Waals surface area (Å²) in [6, 6.07) is 10.5. The Bertz CT molecular complexity index is 434. The number of rotatable bonds is 4. The van der Waals surface area contributed by atoms with Crippen molar-refractivity contribution in [2.24, 2.45) is 0 Å². The molecule has 1 aromatic carbocycles. The summed E-state index contributed by atoms with van der Waals surface area (Å²) in [5.41, 5.74) is 1.10. The maximum absolute atomic E-state index is 4.36. The molecule has 0 aliphatic rings. The Hall–Kier alpha value is -1.02. The lowest BCUT2D eigenvalue weighted by Gasteiger charge is -2.04. The first kappa shape index (κ1) is 10.5. The highest BCUT2D eigenvalue weighted by Gasteiger charge is 2.00. The van der Waals surface area contributed by atoms with E-state index in [1.807, 2.05) is 24.0 Å². The normalized spacial score (nSPS) is 10.7. The monoisotopic (exact) mass is 217 g/mol. The van der Waals surface area contributed by atoms with Gasteiger partial charge >= 0.3 is 0 Å². The summed E-state index contributed by atoms with van der Waals surface area (Å²) >= 11 is 1.93. The second-order valence-electron chi connectivity index (χ2n) is 3.53. The first-order chi connectivity index (χ1) is 7.42. The zero-order chi connectivity index (χ0) is 10.5. The lowest BCUT2D eigenvalue weighted by Crippen LogP contribution is -1.82. The van der Waals surface area contributed by atoms with Crippen LogP contribution in [0.2, 0.25) is 0 Å². The molecule has 0 atom stereocenters. The van der Waals surface area contributed by atoms with Crippen LogP contribution in [0, 0.1) is 0 Å². The topological polar surface area (TPSA) is 12.9 Å². The van der Waals surface area contributed by atoms with E-state index in [1.54, 1.807) is 0 Å². The van der Waals surface area contributed by atoms with Gasteiger partial charge in [0.2, 0.25) is 0 Å². The minimum Gasteiger partial charge on any atom is -0.256 e. The Kier molecular flexibility index (Phi) is 3.62. The minimum atomic E-state index is 1.10. The van der Waals surface area contributed by atoms with Crippen molar-refractivity contribution in [3.05, 3.63) is 36.5 Å². The molecule has 2 heteroatoms. The average molecular weight is 217 g/mol. The number of pyridine rings is 1. The number of aromatic nitrogens is 1. The number of unbranched alkanes of at least 4 members (excludes halogenated alkanes) is 1. The summed E-state index contributed by atoms with van der Waals surface area (Å²) in [6.45, 7) is 2.23. The number of fused-ring (bicyclic) bond motifs is 1. The number of benzene rings is 1. The van der Waals surface area contributed by atoms with Crippen molar-refractivity contribution >= 4 is 22.7 Å². The Balaban J connectivity index is 2.26. The van der Waals surface area contributed by atoms with Crippen LogP contribution in [0.5, 0.6) is 0 Å². The van der Waals surface area contributed by atoms with Gasteiger partial charge in [0.05, 0.1) is 5.52 Å². The molecule has 0 aliphatic carbocycles. The van der Waals surface area contributed by atoms with Crippen LogP contribution in [0.15, 0.2) is 41.4 Å². The van der Waals surface area contributed by atoms with Crippen molar-refractivity contribution in [3.63, 3.8) is 0 Å². The van der Waals surface area contributed by atoms with Crippen molar-refractivity contribution in [2.75, 3.05) is 5.75 Å². The number of hydrogen-bond acceptors (Lipinski definition) is 2. The van der Waals surface area contributed by atoms with Crippen LogP contribution in [0.25, 0.3) is 10.9 Å². The fourth-order valence-electron chi connectivity index (χ4n) is 1.53. The second-order valence-corrected chi connectivity index (χ2v) is 4.67. The van der Waals surface area contributed by atoms with Crippen LogP contribution in [0.4, 0.5) is 0 Å². The van der Waals surface area contributed by atoms with E-state index >= 15 is 0 Å². The van der Waals surface area contributed by atoms with E-state index in [4.69, 9.17) is 0 Å². The summed E-state index contributed by atoms with van der Waals surface area (Å²) in [6.07, 6.45) is 4.39. The van der Waals surface area contributed by atoms with Crippen LogP contribution < -0.4 is 0 Å². The molecule has 0 fully saturated rings. The molecule has 0 saturated carbocycles. The first-order valence-electron chi connectivity index (χ1n) is 5.38. The average Bonchev–Trinajstić information content (AvgIpc) is 2.30. The minimum absolute atomic E-state index is 1.10. The van der Waals surface area contributed by atoms with Crippen LogP contribution >= 0.6 is 11.8 Å². The summed E-state index contributed by atoms with van der Waals surface area (Å²) in [7, 11) is 0. The first-order valence-corrected chi connectivity index (χ1v) is 6.37. The third kappa shape index (κ3) is 2.51. The standard InChI is InChI=1S/C13H15NS/c1-2-3-10-15-13-8-4-7-12-11(13)6-5-9-14-12/h4-9H,2-3,10H2,1H3. The van der Waals surface area contributed by atoms with Crippen LogP contribution in [-0.4, -0.2) is 10.7 Å². The predicted molar refractivity (Wildman–Crippen MR) is 67.4 cm³/mol. The third-order valence-electron chi connectivity index (χ3n) is 2.36. The quantitative estimate of drug-likeness (QED) is 0.564. The van der Waals surface area contributed by atoms with Gasteiger partial charge in [0.25, 0.3) is 0 Å². The van der Waals surface area contributed by atoms with Crippen molar-refractivity contribution in [3.8, 4) is 0 Å². The van der Waals surface area contributed by atoms with E-state index in [9.17, 15) is 0 Å². The predicted octanol–water partition coefficient (Wildman–Crippen LogP) is 4.13. The van der Waals surface area contributed by atoms with Gasteiger partial charge < -0.3 is 0 Å². The molecule has 1 heterocycles. The third-order valence-corrected chi connectivity index (χ3v) is 3.52. The van der Waals surface area contributed by atoms with E-state index in [2.05, 4.69) is 36.2 Å². The Morgan fingerprint density at radius 1 is 1.20 bits per heavy atom. The summed E-state index contributed by atoms with van der Waals surface area (Å²) in [5, 5.41) is 1.28. The van der Waals surface area contributed by atoms with Crippen LogP contribution in [-0.2, 0) is 0 Å². The highest BCUT2D eigenvalue weighted by Crippen LogP contribution is 2.27. The molecule has 0 unspecified atom stereocenters. The largest absolute Gasteiger partial charge is 0.256 e. The molecule has 78 valence electrons. The van der Waals surface area contributed by atoms with Gasteiger partial charge in [0.1, 0.15) is 0 Å². The molecule has 15 heavy (non-hydrogen) atoms. The molecule has 1 nitrogen and oxygen atoms in total. The smallest absolute Gasteiger partial charge is 0.0713 e. The van der Waals surface area contributed by atoms with Crippen molar-refractivity contribution in [1.82, 2.24) is 4.98 Å². The maximum Gasteiger partial charge on any atom is 0.0713 e. The molecule has 1 aromatic heterocycles. The Morgan fingerprint density at radius 3 is 3.00 bits per heavy atom. The van der Waals surface area contributed by atoms with Gasteiger partial charge in [-0.15, -0.1) is 11.8 Å². The maximum atomic E-state index is 4.36. The van der Waals surface area contributed by atoms with Gasteiger partial charge in [0, 0.05) is 16.5 Å². The van der Waals surface area contributed by atoms with Crippen molar-refractivity contribution < 1.29 is 0 Å². The molecular weight excluding hydrogens is 202 g/mol. The molecule has 0 bridgehead atoms. The molecule has 0 amide bonds. The fraction of sp³-hybridized carbons (Fsp3) is 0.308. The molecule has 2 aromatic rings. The molecule has 0 spiro atoms. The highest BCUT2D eigenvalue weighted by molar-refractivity contribution is 7.99. The number of hydrogen-bond donors (Lipinski definition) is 0. The summed E-state index contributed by atoms with van der Waals surface area (Å²) < 4.78 is 0. The van der Waals surface area contributed by atoms with Crippen molar-refractivity contribution in [1.29, 1.82) is 0 Å². The molecule has 0 saturated heterocycles. The summed E-state index contributed by atoms with van der Waals surface area (Å²) in [5.74, 6) is 1.20. The van der Waals surface area contributed by atoms with E-state index in [1.165, 1.54) is 28.9 Å². The van der Waals surface area contributed by atoms with Crippen LogP contribution in [0.3, 0.4) is 0 Å². The lowest BCUT2D eigenvalue weighted by molar-refractivity contribution is 0.896. The molecule has 2 rings (SSSR count). The fourth-order valence-corrected chi connectivity index (χ4v) is 2.68. The van der Waals surface area contributed by atoms with Gasteiger partial charge in [-0.25, -0.2) is 0 Å². The number of nitrogens with zero attached hydrogens (tertiary/aromatic N) is 1. The molecular formula is C13H15NS. The van der Waals surface area contributed by atoms with E-state index in [-0.39, 0.29) is 0 Å². The van der Waals surface area contributed by atoms with Crippen molar-refractivity contribution in [2.45, 2.75) is 24.7 Å². The van der Waals surface area contributed by atoms with Crippen LogP contribution in [0.1, 0.15) is 19.8 Å². The Morgan fingerprint density at radius 2 is 2.13 bits per heavy atom.